The number of nitrogens with two attached hydrogens (primary N) is 1. The van der Waals surface area contributed by atoms with Crippen molar-refractivity contribution in [1.82, 2.24) is 10.6 Å². The number of primary amides is 1. The minimum atomic E-state index is -0.585. The van der Waals surface area contributed by atoms with Crippen LogP contribution in [0.1, 0.15) is 48.7 Å². The fraction of sp³-hybridized carbons (Fsp3) is 0.400. The number of rotatable bonds is 8. The van der Waals surface area contributed by atoms with Crippen molar-refractivity contribution in [3.05, 3.63) is 53.5 Å². The van der Waals surface area contributed by atoms with Crippen LogP contribution in [0.15, 0.2) is 45.8 Å². The third-order valence-corrected chi connectivity index (χ3v) is 3.87. The van der Waals surface area contributed by atoms with E-state index in [9.17, 15) is 4.79 Å². The maximum absolute atomic E-state index is 11.1. The number of benzene rings is 1. The zero-order valence-electron chi connectivity index (χ0n) is 16.3. The fourth-order valence-corrected chi connectivity index (χ4v) is 2.37. The SMILES string of the molecule is CN=C(NCc1ccc(C(N)=O)o1)NC(C)c1ccc(OCC(C)C)cc1. The summed E-state index contributed by atoms with van der Waals surface area (Å²) in [7, 11) is 1.70. The Bertz CT molecular complexity index is 766. The van der Waals surface area contributed by atoms with Gasteiger partial charge >= 0.3 is 0 Å². The lowest BCUT2D eigenvalue weighted by Crippen LogP contribution is -2.38. The van der Waals surface area contributed by atoms with Crippen molar-refractivity contribution in [2.75, 3.05) is 13.7 Å². The largest absolute Gasteiger partial charge is 0.493 e. The second kappa shape index (κ2) is 9.66. The van der Waals surface area contributed by atoms with Gasteiger partial charge in [-0.2, -0.15) is 0 Å². The Kier molecular flexibility index (Phi) is 7.28. The first-order chi connectivity index (χ1) is 12.9. The molecule has 0 aliphatic carbocycles. The first-order valence-corrected chi connectivity index (χ1v) is 8.97. The van der Waals surface area contributed by atoms with E-state index < -0.39 is 5.91 Å². The second-order valence-corrected chi connectivity index (χ2v) is 6.70. The Labute approximate surface area is 160 Å². The number of hydrogen-bond donors (Lipinski definition) is 3. The number of amides is 1. The molecule has 146 valence electrons. The summed E-state index contributed by atoms with van der Waals surface area (Å²) in [5, 5.41) is 6.47. The molecule has 0 aliphatic rings. The van der Waals surface area contributed by atoms with E-state index >= 15 is 0 Å². The molecule has 1 unspecified atom stereocenters. The topological polar surface area (TPSA) is 102 Å². The molecular formula is C20H28N4O3. The van der Waals surface area contributed by atoms with E-state index in [2.05, 4.69) is 36.4 Å². The van der Waals surface area contributed by atoms with Gasteiger partial charge in [-0.15, -0.1) is 0 Å². The predicted octanol–water partition coefficient (Wildman–Crippen LogP) is 2.84. The van der Waals surface area contributed by atoms with Crippen LogP contribution in [0.25, 0.3) is 0 Å². The molecule has 0 fully saturated rings. The summed E-state index contributed by atoms with van der Waals surface area (Å²) in [4.78, 5) is 15.3. The molecule has 0 spiro atoms. The smallest absolute Gasteiger partial charge is 0.284 e. The minimum Gasteiger partial charge on any atom is -0.493 e. The van der Waals surface area contributed by atoms with Crippen molar-refractivity contribution in [3.8, 4) is 5.75 Å². The van der Waals surface area contributed by atoms with Crippen LogP contribution in [-0.4, -0.2) is 25.5 Å². The van der Waals surface area contributed by atoms with E-state index in [4.69, 9.17) is 14.9 Å². The molecular weight excluding hydrogens is 344 g/mol. The maximum atomic E-state index is 11.1. The Morgan fingerprint density at radius 1 is 1.19 bits per heavy atom. The van der Waals surface area contributed by atoms with Crippen LogP contribution in [0.5, 0.6) is 5.75 Å². The van der Waals surface area contributed by atoms with Gasteiger partial charge in [-0.3, -0.25) is 9.79 Å². The van der Waals surface area contributed by atoms with E-state index in [1.165, 1.54) is 0 Å². The number of carbonyl (C=O) groups is 1. The minimum absolute atomic E-state index is 0.0492. The van der Waals surface area contributed by atoms with Crippen LogP contribution < -0.4 is 21.1 Å². The molecule has 1 amide bonds. The lowest BCUT2D eigenvalue weighted by Gasteiger charge is -2.18. The Morgan fingerprint density at radius 2 is 1.89 bits per heavy atom. The van der Waals surface area contributed by atoms with Crippen LogP contribution in [-0.2, 0) is 6.54 Å². The lowest BCUT2D eigenvalue weighted by atomic mass is 10.1. The highest BCUT2D eigenvalue weighted by Gasteiger charge is 2.10. The van der Waals surface area contributed by atoms with E-state index in [-0.39, 0.29) is 11.8 Å². The Balaban J connectivity index is 1.88. The van der Waals surface area contributed by atoms with Gasteiger partial charge in [0.15, 0.2) is 11.7 Å². The van der Waals surface area contributed by atoms with Crippen LogP contribution in [0.2, 0.25) is 0 Å². The van der Waals surface area contributed by atoms with Gasteiger partial charge in [0.2, 0.25) is 0 Å². The number of furan rings is 1. The van der Waals surface area contributed by atoms with Crippen molar-refractivity contribution in [2.45, 2.75) is 33.4 Å². The van der Waals surface area contributed by atoms with Gasteiger partial charge in [-0.05, 0) is 42.7 Å². The zero-order valence-corrected chi connectivity index (χ0v) is 16.3. The Morgan fingerprint density at radius 3 is 2.44 bits per heavy atom. The van der Waals surface area contributed by atoms with Crippen LogP contribution in [0.4, 0.5) is 0 Å². The van der Waals surface area contributed by atoms with Gasteiger partial charge in [-0.25, -0.2) is 0 Å². The standard InChI is InChI=1S/C20H28N4O3/c1-13(2)12-26-16-7-5-15(6-8-16)14(3)24-20(22-4)23-11-17-9-10-18(27-17)19(21)25/h5-10,13-14H,11-12H2,1-4H3,(H2,21,25)(H2,22,23,24). The first-order valence-electron chi connectivity index (χ1n) is 8.97. The van der Waals surface area contributed by atoms with Crippen LogP contribution in [0.3, 0.4) is 0 Å². The summed E-state index contributed by atoms with van der Waals surface area (Å²) >= 11 is 0. The average molecular weight is 372 g/mol. The van der Waals surface area contributed by atoms with Crippen molar-refractivity contribution in [3.63, 3.8) is 0 Å². The molecule has 0 saturated carbocycles. The van der Waals surface area contributed by atoms with Gasteiger partial charge in [0, 0.05) is 7.05 Å². The van der Waals surface area contributed by atoms with Crippen molar-refractivity contribution >= 4 is 11.9 Å². The van der Waals surface area contributed by atoms with Gasteiger partial charge in [0.05, 0.1) is 19.2 Å². The van der Waals surface area contributed by atoms with Gasteiger partial charge in [-0.1, -0.05) is 26.0 Å². The number of nitrogens with one attached hydrogen (secondary N) is 2. The molecule has 7 nitrogen and oxygen atoms in total. The van der Waals surface area contributed by atoms with E-state index in [0.29, 0.717) is 30.8 Å². The molecule has 7 heteroatoms. The second-order valence-electron chi connectivity index (χ2n) is 6.70. The summed E-state index contributed by atoms with van der Waals surface area (Å²) < 4.78 is 11.1. The summed E-state index contributed by atoms with van der Waals surface area (Å²) in [5.74, 6) is 2.14. The van der Waals surface area contributed by atoms with Crippen molar-refractivity contribution in [1.29, 1.82) is 0 Å². The van der Waals surface area contributed by atoms with Crippen molar-refractivity contribution in [2.24, 2.45) is 16.6 Å². The molecule has 0 aliphatic heterocycles. The molecule has 1 atom stereocenters. The third-order valence-electron chi connectivity index (χ3n) is 3.87. The normalized spacial score (nSPS) is 12.7. The van der Waals surface area contributed by atoms with Gasteiger partial charge in [0.25, 0.3) is 5.91 Å². The number of aliphatic imine (C=N–C) groups is 1. The summed E-state index contributed by atoms with van der Waals surface area (Å²) in [6.07, 6.45) is 0. The number of guanidine groups is 1. The third kappa shape index (κ3) is 6.36. The van der Waals surface area contributed by atoms with Crippen molar-refractivity contribution < 1.29 is 13.9 Å². The summed E-state index contributed by atoms with van der Waals surface area (Å²) in [5.41, 5.74) is 6.30. The molecule has 0 bridgehead atoms. The summed E-state index contributed by atoms with van der Waals surface area (Å²) in [6, 6.07) is 11.3. The average Bonchev–Trinajstić information content (AvgIpc) is 3.13. The maximum Gasteiger partial charge on any atom is 0.284 e. The molecule has 4 N–H and O–H groups in total. The highest BCUT2D eigenvalue weighted by molar-refractivity contribution is 5.89. The van der Waals surface area contributed by atoms with E-state index in [1.54, 1.807) is 19.2 Å². The zero-order chi connectivity index (χ0) is 19.8. The number of carbonyl (C=O) groups excluding carboxylic acids is 1. The van der Waals surface area contributed by atoms with Gasteiger partial charge < -0.3 is 25.5 Å². The molecule has 2 rings (SSSR count). The highest BCUT2D eigenvalue weighted by atomic mass is 16.5. The van der Waals surface area contributed by atoms with E-state index in [1.807, 2.05) is 24.3 Å². The molecule has 27 heavy (non-hydrogen) atoms. The highest BCUT2D eigenvalue weighted by Crippen LogP contribution is 2.18. The Hall–Kier alpha value is -2.96. The number of ether oxygens (including phenoxy) is 1. The van der Waals surface area contributed by atoms with E-state index in [0.717, 1.165) is 11.3 Å². The predicted molar refractivity (Wildman–Crippen MR) is 106 cm³/mol. The monoisotopic (exact) mass is 372 g/mol. The number of nitrogens with zero attached hydrogens (tertiary/aromatic N) is 1. The number of hydrogen-bond acceptors (Lipinski definition) is 4. The molecule has 0 radical (unpaired) electrons. The first kappa shape index (κ1) is 20.4. The molecule has 1 aromatic heterocycles. The molecule has 2 aromatic rings. The molecule has 1 aromatic carbocycles. The molecule has 0 saturated heterocycles. The lowest BCUT2D eigenvalue weighted by molar-refractivity contribution is 0.0972. The van der Waals surface area contributed by atoms with Gasteiger partial charge in [0.1, 0.15) is 11.5 Å². The fourth-order valence-electron chi connectivity index (χ4n) is 2.37. The molecule has 1 heterocycles. The van der Waals surface area contributed by atoms with Crippen LogP contribution in [0, 0.1) is 5.92 Å². The quantitative estimate of drug-likeness (QED) is 0.488. The summed E-state index contributed by atoms with van der Waals surface area (Å²) in [6.45, 7) is 7.39. The van der Waals surface area contributed by atoms with Crippen LogP contribution >= 0.6 is 0 Å².